The van der Waals surface area contributed by atoms with Gasteiger partial charge in [0.25, 0.3) is 0 Å². The van der Waals surface area contributed by atoms with Crippen LogP contribution >= 0.6 is 0 Å². The minimum atomic E-state index is -0.155. The predicted molar refractivity (Wildman–Crippen MR) is 81.8 cm³/mol. The van der Waals surface area contributed by atoms with Crippen LogP contribution in [0.4, 0.5) is 0 Å². The van der Waals surface area contributed by atoms with E-state index >= 15 is 0 Å². The third kappa shape index (κ3) is 6.60. The van der Waals surface area contributed by atoms with Gasteiger partial charge in [-0.05, 0) is 12.8 Å². The number of unbranched alkanes of at least 4 members (excludes halogenated alkanes) is 7. The second-order valence-electron chi connectivity index (χ2n) is 5.59. The summed E-state index contributed by atoms with van der Waals surface area (Å²) in [6.45, 7) is 2.25. The Hall–Kier alpha value is -1.05. The number of amides is 1. The van der Waals surface area contributed by atoms with E-state index in [-0.39, 0.29) is 11.8 Å². The number of allylic oxidation sites excluding steroid dienone is 3. The number of nitrogens with two attached hydrogens (primary N) is 1. The van der Waals surface area contributed by atoms with Gasteiger partial charge < -0.3 is 5.73 Å². The van der Waals surface area contributed by atoms with E-state index in [2.05, 4.69) is 19.1 Å². The molecule has 2 nitrogen and oxygen atoms in total. The van der Waals surface area contributed by atoms with Crippen molar-refractivity contribution in [3.05, 3.63) is 23.8 Å². The molecule has 0 saturated carbocycles. The quantitative estimate of drug-likeness (QED) is 0.548. The Balaban J connectivity index is 2.07. The number of hydrogen-bond donors (Lipinski definition) is 1. The fourth-order valence-corrected chi connectivity index (χ4v) is 2.71. The van der Waals surface area contributed by atoms with Crippen molar-refractivity contribution in [2.24, 2.45) is 11.7 Å². The zero-order valence-electron chi connectivity index (χ0n) is 12.4. The molecule has 2 N–H and O–H groups in total. The Bertz CT molecular complexity index is 317. The summed E-state index contributed by atoms with van der Waals surface area (Å²) in [5, 5.41) is 0. The molecule has 19 heavy (non-hydrogen) atoms. The lowest BCUT2D eigenvalue weighted by Gasteiger charge is -2.14. The molecule has 0 aromatic heterocycles. The summed E-state index contributed by atoms with van der Waals surface area (Å²) in [6, 6.07) is 0. The van der Waals surface area contributed by atoms with Gasteiger partial charge in [0.1, 0.15) is 0 Å². The molecule has 1 atom stereocenters. The number of primary amides is 1. The molecule has 0 radical (unpaired) electrons. The molecule has 0 aromatic rings. The summed E-state index contributed by atoms with van der Waals surface area (Å²) in [5.74, 6) is -0.187. The fraction of sp³-hybridized carbons (Fsp3) is 0.706. The van der Waals surface area contributed by atoms with Crippen LogP contribution in [0.25, 0.3) is 0 Å². The molecule has 0 aromatic carbocycles. The predicted octanol–water partition coefficient (Wildman–Crippen LogP) is 4.51. The lowest BCUT2D eigenvalue weighted by atomic mass is 9.91. The highest BCUT2D eigenvalue weighted by Gasteiger charge is 2.19. The van der Waals surface area contributed by atoms with Crippen LogP contribution in [0.3, 0.4) is 0 Å². The van der Waals surface area contributed by atoms with Crippen LogP contribution in [-0.2, 0) is 4.79 Å². The van der Waals surface area contributed by atoms with Crippen molar-refractivity contribution in [1.82, 2.24) is 0 Å². The minimum absolute atomic E-state index is 0.0323. The Labute approximate surface area is 118 Å². The average molecular weight is 263 g/mol. The molecule has 0 aliphatic heterocycles. The molecule has 0 fully saturated rings. The molecule has 1 unspecified atom stereocenters. The van der Waals surface area contributed by atoms with E-state index in [1.54, 1.807) is 0 Å². The highest BCUT2D eigenvalue weighted by atomic mass is 16.1. The number of rotatable bonds is 11. The van der Waals surface area contributed by atoms with Gasteiger partial charge in [-0.25, -0.2) is 0 Å². The molecule has 0 heterocycles. The van der Waals surface area contributed by atoms with Crippen molar-refractivity contribution in [1.29, 1.82) is 0 Å². The van der Waals surface area contributed by atoms with Gasteiger partial charge in [0, 0.05) is 0 Å². The van der Waals surface area contributed by atoms with E-state index in [1.807, 2.05) is 6.08 Å². The van der Waals surface area contributed by atoms with Crippen LogP contribution in [-0.4, -0.2) is 5.91 Å². The van der Waals surface area contributed by atoms with E-state index < -0.39 is 0 Å². The SMILES string of the molecule is CCCCCCCCCCC(C(N)=O)C1=CC=CC1. The standard InChI is InChI=1S/C17H29NO/c1-2-3-4-5-6-7-8-9-14-16(17(18)19)15-12-10-11-13-15/h10-12,16H,2-9,13-14H2,1H3,(H2,18,19). The molecule has 0 spiro atoms. The maximum atomic E-state index is 11.5. The maximum Gasteiger partial charge on any atom is 0.224 e. The molecule has 108 valence electrons. The van der Waals surface area contributed by atoms with Gasteiger partial charge in [0.15, 0.2) is 0 Å². The van der Waals surface area contributed by atoms with Gasteiger partial charge in [-0.3, -0.25) is 4.79 Å². The lowest BCUT2D eigenvalue weighted by Crippen LogP contribution is -2.24. The van der Waals surface area contributed by atoms with Crippen molar-refractivity contribution < 1.29 is 4.79 Å². The summed E-state index contributed by atoms with van der Waals surface area (Å²) in [6.07, 6.45) is 18.4. The maximum absolute atomic E-state index is 11.5. The summed E-state index contributed by atoms with van der Waals surface area (Å²) < 4.78 is 0. The monoisotopic (exact) mass is 263 g/mol. The summed E-state index contributed by atoms with van der Waals surface area (Å²) >= 11 is 0. The molecule has 0 saturated heterocycles. The second-order valence-corrected chi connectivity index (χ2v) is 5.59. The first-order valence-electron chi connectivity index (χ1n) is 7.90. The first kappa shape index (κ1) is 16.0. The Morgan fingerprint density at radius 2 is 1.79 bits per heavy atom. The molecule has 1 rings (SSSR count). The molecule has 0 bridgehead atoms. The summed E-state index contributed by atoms with van der Waals surface area (Å²) in [4.78, 5) is 11.5. The van der Waals surface area contributed by atoms with Gasteiger partial charge >= 0.3 is 0 Å². The molecule has 2 heteroatoms. The number of hydrogen-bond acceptors (Lipinski definition) is 1. The summed E-state index contributed by atoms with van der Waals surface area (Å²) in [5.41, 5.74) is 6.71. The molecular weight excluding hydrogens is 234 g/mol. The third-order valence-corrected chi connectivity index (χ3v) is 3.94. The largest absolute Gasteiger partial charge is 0.369 e. The van der Waals surface area contributed by atoms with Crippen LogP contribution in [0.15, 0.2) is 23.8 Å². The fourth-order valence-electron chi connectivity index (χ4n) is 2.71. The lowest BCUT2D eigenvalue weighted by molar-refractivity contribution is -0.120. The van der Waals surface area contributed by atoms with Crippen molar-refractivity contribution in [3.8, 4) is 0 Å². The molecule has 1 aliphatic carbocycles. The van der Waals surface area contributed by atoms with Gasteiger partial charge in [-0.1, -0.05) is 82.1 Å². The normalized spacial score (nSPS) is 15.5. The van der Waals surface area contributed by atoms with E-state index in [4.69, 9.17) is 5.73 Å². The Kier molecular flexibility index (Phi) is 8.28. The zero-order valence-corrected chi connectivity index (χ0v) is 12.4. The number of carbonyl (C=O) groups excluding carboxylic acids is 1. The van der Waals surface area contributed by atoms with Crippen LogP contribution in [0, 0.1) is 5.92 Å². The molecule has 1 amide bonds. The van der Waals surface area contributed by atoms with Crippen LogP contribution < -0.4 is 5.73 Å². The number of carbonyl (C=O) groups is 1. The van der Waals surface area contributed by atoms with Crippen molar-refractivity contribution >= 4 is 5.91 Å². The van der Waals surface area contributed by atoms with Crippen LogP contribution in [0.1, 0.15) is 71.1 Å². The van der Waals surface area contributed by atoms with Gasteiger partial charge in [-0.15, -0.1) is 0 Å². The van der Waals surface area contributed by atoms with E-state index in [1.165, 1.54) is 50.5 Å². The topological polar surface area (TPSA) is 43.1 Å². The second kappa shape index (κ2) is 9.82. The Morgan fingerprint density at radius 3 is 2.32 bits per heavy atom. The van der Waals surface area contributed by atoms with Gasteiger partial charge in [0.05, 0.1) is 5.92 Å². The minimum Gasteiger partial charge on any atom is -0.369 e. The van der Waals surface area contributed by atoms with Gasteiger partial charge in [-0.2, -0.15) is 0 Å². The zero-order chi connectivity index (χ0) is 13.9. The van der Waals surface area contributed by atoms with Crippen molar-refractivity contribution in [2.75, 3.05) is 0 Å². The van der Waals surface area contributed by atoms with E-state index in [0.717, 1.165) is 19.3 Å². The molecule has 1 aliphatic rings. The smallest absolute Gasteiger partial charge is 0.224 e. The van der Waals surface area contributed by atoms with E-state index in [9.17, 15) is 4.79 Å². The Morgan fingerprint density at radius 1 is 1.16 bits per heavy atom. The van der Waals surface area contributed by atoms with Crippen LogP contribution in [0.2, 0.25) is 0 Å². The molecular formula is C17H29NO. The third-order valence-electron chi connectivity index (χ3n) is 3.94. The highest BCUT2D eigenvalue weighted by molar-refractivity contribution is 5.80. The van der Waals surface area contributed by atoms with Crippen LogP contribution in [0.5, 0.6) is 0 Å². The first-order chi connectivity index (χ1) is 9.25. The first-order valence-corrected chi connectivity index (χ1v) is 7.90. The average Bonchev–Trinajstić information content (AvgIpc) is 2.90. The van der Waals surface area contributed by atoms with Crippen molar-refractivity contribution in [2.45, 2.75) is 71.1 Å². The van der Waals surface area contributed by atoms with Gasteiger partial charge in [0.2, 0.25) is 5.91 Å². The highest BCUT2D eigenvalue weighted by Crippen LogP contribution is 2.25. The van der Waals surface area contributed by atoms with E-state index in [0.29, 0.717) is 0 Å². The van der Waals surface area contributed by atoms with Crippen molar-refractivity contribution in [3.63, 3.8) is 0 Å². The summed E-state index contributed by atoms with van der Waals surface area (Å²) in [7, 11) is 0.